The van der Waals surface area contributed by atoms with E-state index in [0.29, 0.717) is 35.8 Å². The molecule has 8 heteroatoms. The number of sulfone groups is 1. The Kier molecular flexibility index (Phi) is 6.39. The topological polar surface area (TPSA) is 82.1 Å². The van der Waals surface area contributed by atoms with Gasteiger partial charge in [0.05, 0.1) is 32.8 Å². The minimum atomic E-state index is -3.09. The molecule has 0 bridgehead atoms. The minimum absolute atomic E-state index is 0.00981. The molecule has 1 amide bonds. The number of carbonyl (C=O) groups excluding carboxylic acids is 1. The summed E-state index contributed by atoms with van der Waals surface area (Å²) in [5, 5.41) is 0. The Labute approximate surface area is 155 Å². The first kappa shape index (κ1) is 20.4. The maximum atomic E-state index is 13.2. The monoisotopic (exact) mass is 385 g/mol. The SMILES string of the molecule is COc1cc(C(=O)N(CC(C)C)[C@H]2CCS(=O)(=O)C2)cc(OC)c1OC. The van der Waals surface area contributed by atoms with Gasteiger partial charge in [0.15, 0.2) is 21.3 Å². The summed E-state index contributed by atoms with van der Waals surface area (Å²) >= 11 is 0. The molecule has 7 nitrogen and oxygen atoms in total. The Hall–Kier alpha value is -1.96. The second-order valence-corrected chi connectivity index (χ2v) is 9.05. The number of nitrogens with zero attached hydrogens (tertiary/aromatic N) is 1. The second kappa shape index (κ2) is 8.16. The first-order valence-electron chi connectivity index (χ1n) is 8.53. The van der Waals surface area contributed by atoms with Gasteiger partial charge in [0, 0.05) is 18.2 Å². The van der Waals surface area contributed by atoms with Crippen LogP contribution in [-0.4, -0.2) is 64.6 Å². The number of ether oxygens (including phenoxy) is 3. The second-order valence-electron chi connectivity index (χ2n) is 6.82. The zero-order chi connectivity index (χ0) is 19.5. The van der Waals surface area contributed by atoms with Crippen LogP contribution in [0.4, 0.5) is 0 Å². The first-order chi connectivity index (χ1) is 12.2. The Morgan fingerprint density at radius 1 is 1.15 bits per heavy atom. The van der Waals surface area contributed by atoms with Gasteiger partial charge in [0.2, 0.25) is 5.75 Å². The average molecular weight is 385 g/mol. The maximum Gasteiger partial charge on any atom is 0.254 e. The number of amides is 1. The number of hydrogen-bond donors (Lipinski definition) is 0. The van der Waals surface area contributed by atoms with E-state index in [2.05, 4.69) is 0 Å². The minimum Gasteiger partial charge on any atom is -0.493 e. The van der Waals surface area contributed by atoms with Crippen molar-refractivity contribution >= 4 is 15.7 Å². The van der Waals surface area contributed by atoms with Crippen molar-refractivity contribution in [3.05, 3.63) is 17.7 Å². The molecule has 0 unspecified atom stereocenters. The van der Waals surface area contributed by atoms with E-state index in [1.165, 1.54) is 21.3 Å². The van der Waals surface area contributed by atoms with Crippen molar-refractivity contribution in [2.75, 3.05) is 39.4 Å². The van der Waals surface area contributed by atoms with E-state index < -0.39 is 9.84 Å². The van der Waals surface area contributed by atoms with Gasteiger partial charge in [-0.05, 0) is 24.5 Å². The average Bonchev–Trinajstić information content (AvgIpc) is 2.97. The van der Waals surface area contributed by atoms with Gasteiger partial charge in [0.25, 0.3) is 5.91 Å². The third kappa shape index (κ3) is 4.41. The van der Waals surface area contributed by atoms with Gasteiger partial charge in [-0.15, -0.1) is 0 Å². The molecule has 0 spiro atoms. The Balaban J connectivity index is 2.42. The van der Waals surface area contributed by atoms with E-state index in [9.17, 15) is 13.2 Å². The number of carbonyl (C=O) groups is 1. The lowest BCUT2D eigenvalue weighted by atomic mass is 10.1. The van der Waals surface area contributed by atoms with E-state index in [1.54, 1.807) is 17.0 Å². The van der Waals surface area contributed by atoms with E-state index in [0.717, 1.165) is 0 Å². The summed E-state index contributed by atoms with van der Waals surface area (Å²) < 4.78 is 39.7. The Morgan fingerprint density at radius 2 is 1.73 bits per heavy atom. The predicted molar refractivity (Wildman–Crippen MR) is 99.0 cm³/mol. The molecule has 146 valence electrons. The van der Waals surface area contributed by atoms with Crippen LogP contribution in [0.3, 0.4) is 0 Å². The number of hydrogen-bond acceptors (Lipinski definition) is 6. The highest BCUT2D eigenvalue weighted by atomic mass is 32.2. The van der Waals surface area contributed by atoms with Crippen molar-refractivity contribution in [2.45, 2.75) is 26.3 Å². The van der Waals surface area contributed by atoms with Gasteiger partial charge >= 0.3 is 0 Å². The van der Waals surface area contributed by atoms with Crippen LogP contribution in [0.25, 0.3) is 0 Å². The molecule has 0 radical (unpaired) electrons. The summed E-state index contributed by atoms with van der Waals surface area (Å²) in [7, 11) is 1.38. The lowest BCUT2D eigenvalue weighted by Crippen LogP contribution is -2.43. The van der Waals surface area contributed by atoms with E-state index in [-0.39, 0.29) is 29.4 Å². The number of benzene rings is 1. The van der Waals surface area contributed by atoms with E-state index >= 15 is 0 Å². The summed E-state index contributed by atoms with van der Waals surface area (Å²) in [5.41, 5.74) is 0.379. The van der Waals surface area contributed by atoms with Crippen molar-refractivity contribution in [2.24, 2.45) is 5.92 Å². The molecule has 1 aromatic rings. The van der Waals surface area contributed by atoms with Crippen LogP contribution >= 0.6 is 0 Å². The molecule has 1 atom stereocenters. The molecular weight excluding hydrogens is 358 g/mol. The van der Waals surface area contributed by atoms with Crippen molar-refractivity contribution in [3.8, 4) is 17.2 Å². The standard InChI is InChI=1S/C18H27NO6S/c1-12(2)10-19(14-6-7-26(21,22)11-14)18(20)13-8-15(23-3)17(25-5)16(9-13)24-4/h8-9,12,14H,6-7,10-11H2,1-5H3/t14-/m0/s1. The highest BCUT2D eigenvalue weighted by Crippen LogP contribution is 2.38. The van der Waals surface area contributed by atoms with Crippen LogP contribution in [0.15, 0.2) is 12.1 Å². The summed E-state index contributed by atoms with van der Waals surface area (Å²) in [6.45, 7) is 4.48. The molecule has 1 aliphatic rings. The predicted octanol–water partition coefficient (Wildman–Crippen LogP) is 2.00. The van der Waals surface area contributed by atoms with Crippen molar-refractivity contribution in [1.29, 1.82) is 0 Å². The third-order valence-corrected chi connectivity index (χ3v) is 6.13. The highest BCUT2D eigenvalue weighted by Gasteiger charge is 2.35. The van der Waals surface area contributed by atoms with Crippen LogP contribution in [0.5, 0.6) is 17.2 Å². The zero-order valence-electron chi connectivity index (χ0n) is 15.9. The highest BCUT2D eigenvalue weighted by molar-refractivity contribution is 7.91. The van der Waals surface area contributed by atoms with Crippen LogP contribution in [0, 0.1) is 5.92 Å². The fourth-order valence-corrected chi connectivity index (χ4v) is 4.91. The van der Waals surface area contributed by atoms with Gasteiger partial charge in [-0.2, -0.15) is 0 Å². The normalized spacial score (nSPS) is 18.6. The fraction of sp³-hybridized carbons (Fsp3) is 0.611. The lowest BCUT2D eigenvalue weighted by Gasteiger charge is -2.30. The Bertz CT molecular complexity index is 734. The summed E-state index contributed by atoms with van der Waals surface area (Å²) in [4.78, 5) is 14.9. The largest absolute Gasteiger partial charge is 0.493 e. The molecule has 26 heavy (non-hydrogen) atoms. The number of rotatable bonds is 7. The van der Waals surface area contributed by atoms with Gasteiger partial charge in [0.1, 0.15) is 0 Å². The molecule has 0 aliphatic carbocycles. The molecule has 0 N–H and O–H groups in total. The smallest absolute Gasteiger partial charge is 0.254 e. The molecular formula is C18H27NO6S. The zero-order valence-corrected chi connectivity index (χ0v) is 16.8. The van der Waals surface area contributed by atoms with Gasteiger partial charge in [-0.1, -0.05) is 13.8 Å². The van der Waals surface area contributed by atoms with Crippen molar-refractivity contribution in [3.63, 3.8) is 0 Å². The summed E-state index contributed by atoms with van der Waals surface area (Å²) in [5.74, 6) is 1.29. The summed E-state index contributed by atoms with van der Waals surface area (Å²) in [6.07, 6.45) is 0.464. The van der Waals surface area contributed by atoms with E-state index in [1.807, 2.05) is 13.8 Å². The van der Waals surface area contributed by atoms with Crippen LogP contribution in [-0.2, 0) is 9.84 Å². The van der Waals surface area contributed by atoms with Gasteiger partial charge in [-0.3, -0.25) is 4.79 Å². The van der Waals surface area contributed by atoms with Crippen molar-refractivity contribution in [1.82, 2.24) is 4.90 Å². The van der Waals surface area contributed by atoms with E-state index in [4.69, 9.17) is 14.2 Å². The number of methoxy groups -OCH3 is 3. The van der Waals surface area contributed by atoms with Gasteiger partial charge in [-0.25, -0.2) is 8.42 Å². The molecule has 1 fully saturated rings. The first-order valence-corrected chi connectivity index (χ1v) is 10.4. The fourth-order valence-electron chi connectivity index (χ4n) is 3.18. The Morgan fingerprint density at radius 3 is 2.12 bits per heavy atom. The van der Waals surface area contributed by atoms with Crippen LogP contribution in [0.1, 0.15) is 30.6 Å². The van der Waals surface area contributed by atoms with Crippen LogP contribution in [0.2, 0.25) is 0 Å². The third-order valence-electron chi connectivity index (χ3n) is 4.38. The quantitative estimate of drug-likeness (QED) is 0.714. The molecule has 1 aliphatic heterocycles. The summed E-state index contributed by atoms with van der Waals surface area (Å²) in [6, 6.07) is 2.88. The lowest BCUT2D eigenvalue weighted by molar-refractivity contribution is 0.0671. The molecule has 2 rings (SSSR count). The molecule has 1 heterocycles. The maximum absolute atomic E-state index is 13.2. The molecule has 0 saturated carbocycles. The molecule has 1 aromatic carbocycles. The van der Waals surface area contributed by atoms with Crippen LogP contribution < -0.4 is 14.2 Å². The molecule has 1 saturated heterocycles. The molecule has 0 aromatic heterocycles. The van der Waals surface area contributed by atoms with Crippen molar-refractivity contribution < 1.29 is 27.4 Å². The van der Waals surface area contributed by atoms with Gasteiger partial charge < -0.3 is 19.1 Å².